The number of hydrogen-bond donors (Lipinski definition) is 2. The molecule has 0 heterocycles. The number of aliphatic hydroxyl groups is 1. The minimum atomic E-state index is -0.775. The molecule has 1 rings (SSSR count). The van der Waals surface area contributed by atoms with Gasteiger partial charge in [0, 0.05) is 10.6 Å². The standard InChI is InChI=1S/C11H14ClNO2/c1-11(2,13-7-14)10(15)8-3-5-9(12)6-4-8/h3-6,13-14H,7H2,1-2H3. The Morgan fingerprint density at radius 2 is 1.93 bits per heavy atom. The summed E-state index contributed by atoms with van der Waals surface area (Å²) in [6.45, 7) is 3.21. The van der Waals surface area contributed by atoms with Gasteiger partial charge in [0.2, 0.25) is 0 Å². The lowest BCUT2D eigenvalue weighted by Crippen LogP contribution is -2.47. The highest BCUT2D eigenvalue weighted by molar-refractivity contribution is 6.30. The third-order valence-corrected chi connectivity index (χ3v) is 2.45. The molecule has 15 heavy (non-hydrogen) atoms. The van der Waals surface area contributed by atoms with Crippen molar-refractivity contribution < 1.29 is 9.90 Å². The SMILES string of the molecule is CC(C)(NCO)C(=O)c1ccc(Cl)cc1. The van der Waals surface area contributed by atoms with Crippen molar-refractivity contribution in [3.8, 4) is 0 Å². The first-order valence-corrected chi connectivity index (χ1v) is 5.01. The lowest BCUT2D eigenvalue weighted by molar-refractivity contribution is 0.0845. The summed E-state index contributed by atoms with van der Waals surface area (Å²) in [5, 5.41) is 12.1. The number of ketones is 1. The molecule has 0 aliphatic carbocycles. The van der Waals surface area contributed by atoms with Gasteiger partial charge in [-0.1, -0.05) is 11.6 Å². The van der Waals surface area contributed by atoms with E-state index < -0.39 is 5.54 Å². The Labute approximate surface area is 94.1 Å². The van der Waals surface area contributed by atoms with Crippen LogP contribution in [-0.4, -0.2) is 23.2 Å². The van der Waals surface area contributed by atoms with Gasteiger partial charge in [-0.15, -0.1) is 0 Å². The van der Waals surface area contributed by atoms with Crippen LogP contribution < -0.4 is 5.32 Å². The Morgan fingerprint density at radius 3 is 2.40 bits per heavy atom. The van der Waals surface area contributed by atoms with Crippen LogP contribution in [0.1, 0.15) is 24.2 Å². The van der Waals surface area contributed by atoms with Gasteiger partial charge >= 0.3 is 0 Å². The largest absolute Gasteiger partial charge is 0.381 e. The molecule has 0 atom stereocenters. The molecule has 2 N–H and O–H groups in total. The van der Waals surface area contributed by atoms with E-state index in [1.807, 2.05) is 0 Å². The number of carbonyl (C=O) groups excluding carboxylic acids is 1. The van der Waals surface area contributed by atoms with E-state index in [9.17, 15) is 4.79 Å². The Morgan fingerprint density at radius 1 is 1.40 bits per heavy atom. The molecule has 1 aromatic rings. The smallest absolute Gasteiger partial charge is 0.182 e. The van der Waals surface area contributed by atoms with Crippen molar-refractivity contribution in [2.75, 3.05) is 6.73 Å². The fourth-order valence-corrected chi connectivity index (χ4v) is 1.37. The molecule has 82 valence electrons. The molecule has 1 aromatic carbocycles. The maximum absolute atomic E-state index is 12.0. The van der Waals surface area contributed by atoms with Gasteiger partial charge in [0.1, 0.15) is 0 Å². The molecule has 0 amide bonds. The van der Waals surface area contributed by atoms with E-state index in [0.29, 0.717) is 10.6 Å². The summed E-state index contributed by atoms with van der Waals surface area (Å²) in [6, 6.07) is 6.69. The second-order valence-corrected chi connectivity index (χ2v) is 4.23. The summed E-state index contributed by atoms with van der Waals surface area (Å²) >= 11 is 5.72. The topological polar surface area (TPSA) is 49.3 Å². The van der Waals surface area contributed by atoms with Crippen molar-refractivity contribution in [3.63, 3.8) is 0 Å². The number of halogens is 1. The average Bonchev–Trinajstić information content (AvgIpc) is 2.18. The first-order valence-electron chi connectivity index (χ1n) is 4.63. The van der Waals surface area contributed by atoms with Crippen LogP contribution in [0.3, 0.4) is 0 Å². The minimum absolute atomic E-state index is 0.0757. The van der Waals surface area contributed by atoms with Gasteiger partial charge in [-0.3, -0.25) is 10.1 Å². The van der Waals surface area contributed by atoms with Crippen molar-refractivity contribution in [3.05, 3.63) is 34.9 Å². The van der Waals surface area contributed by atoms with Crippen LogP contribution in [0.2, 0.25) is 5.02 Å². The van der Waals surface area contributed by atoms with Crippen LogP contribution >= 0.6 is 11.6 Å². The third kappa shape index (κ3) is 3.02. The molecule has 0 saturated heterocycles. The molecule has 0 aliphatic rings. The molecule has 0 fully saturated rings. The van der Waals surface area contributed by atoms with Crippen LogP contribution in [0.15, 0.2) is 24.3 Å². The van der Waals surface area contributed by atoms with E-state index in [1.54, 1.807) is 38.1 Å². The van der Waals surface area contributed by atoms with E-state index in [4.69, 9.17) is 16.7 Å². The molecular formula is C11H14ClNO2. The van der Waals surface area contributed by atoms with Crippen molar-refractivity contribution >= 4 is 17.4 Å². The molecule has 0 aliphatic heterocycles. The van der Waals surface area contributed by atoms with E-state index in [-0.39, 0.29) is 12.5 Å². The summed E-state index contributed by atoms with van der Waals surface area (Å²) in [6.07, 6.45) is 0. The van der Waals surface area contributed by atoms with Gasteiger partial charge in [0.05, 0.1) is 12.3 Å². The molecule has 0 saturated carbocycles. The van der Waals surface area contributed by atoms with Crippen molar-refractivity contribution in [1.82, 2.24) is 5.32 Å². The van der Waals surface area contributed by atoms with Crippen molar-refractivity contribution in [2.24, 2.45) is 0 Å². The summed E-state index contributed by atoms with van der Waals surface area (Å²) in [5.74, 6) is -0.0757. The number of hydrogen-bond acceptors (Lipinski definition) is 3. The van der Waals surface area contributed by atoms with E-state index in [1.165, 1.54) is 0 Å². The van der Waals surface area contributed by atoms with Gasteiger partial charge in [0.25, 0.3) is 0 Å². The molecule has 3 nitrogen and oxygen atoms in total. The maximum Gasteiger partial charge on any atom is 0.182 e. The number of benzene rings is 1. The molecule has 0 spiro atoms. The average molecular weight is 228 g/mol. The predicted octanol–water partition coefficient (Wildman–Crippen LogP) is 1.84. The van der Waals surface area contributed by atoms with E-state index in [2.05, 4.69) is 5.32 Å². The molecule has 0 unspecified atom stereocenters. The lowest BCUT2D eigenvalue weighted by atomic mass is 9.93. The molecular weight excluding hydrogens is 214 g/mol. The summed E-state index contributed by atoms with van der Waals surface area (Å²) in [7, 11) is 0. The summed E-state index contributed by atoms with van der Waals surface area (Å²) in [4.78, 5) is 12.0. The highest BCUT2D eigenvalue weighted by Gasteiger charge is 2.27. The predicted molar refractivity (Wildman–Crippen MR) is 60.1 cm³/mol. The quantitative estimate of drug-likeness (QED) is 0.610. The highest BCUT2D eigenvalue weighted by atomic mass is 35.5. The number of rotatable bonds is 4. The Bertz CT molecular complexity index is 346. The number of Topliss-reactive ketones (excluding diaryl/α,β-unsaturated/α-hetero) is 1. The van der Waals surface area contributed by atoms with Crippen LogP contribution in [0.25, 0.3) is 0 Å². The van der Waals surface area contributed by atoms with Gasteiger partial charge in [-0.05, 0) is 38.1 Å². The molecule has 4 heteroatoms. The first-order chi connectivity index (χ1) is 6.97. The molecule has 0 aromatic heterocycles. The Kier molecular flexibility index (Phi) is 3.85. The van der Waals surface area contributed by atoms with Crippen molar-refractivity contribution in [1.29, 1.82) is 0 Å². The van der Waals surface area contributed by atoms with Gasteiger partial charge in [0.15, 0.2) is 5.78 Å². The number of aliphatic hydroxyl groups excluding tert-OH is 1. The zero-order valence-corrected chi connectivity index (χ0v) is 9.51. The zero-order valence-electron chi connectivity index (χ0n) is 8.75. The summed E-state index contributed by atoms with van der Waals surface area (Å²) in [5.41, 5.74) is -0.201. The Balaban J connectivity index is 2.89. The fourth-order valence-electron chi connectivity index (χ4n) is 1.24. The maximum atomic E-state index is 12.0. The summed E-state index contributed by atoms with van der Waals surface area (Å²) < 4.78 is 0. The number of carbonyl (C=O) groups is 1. The van der Waals surface area contributed by atoms with E-state index in [0.717, 1.165) is 0 Å². The number of nitrogens with one attached hydrogen (secondary N) is 1. The van der Waals surface area contributed by atoms with Crippen LogP contribution in [-0.2, 0) is 0 Å². The lowest BCUT2D eigenvalue weighted by Gasteiger charge is -2.23. The Hall–Kier alpha value is -0.900. The normalized spacial score (nSPS) is 11.5. The minimum Gasteiger partial charge on any atom is -0.381 e. The van der Waals surface area contributed by atoms with E-state index >= 15 is 0 Å². The van der Waals surface area contributed by atoms with Gasteiger partial charge in [-0.25, -0.2) is 0 Å². The highest BCUT2D eigenvalue weighted by Crippen LogP contribution is 2.15. The first kappa shape index (κ1) is 12.2. The third-order valence-electron chi connectivity index (χ3n) is 2.20. The second-order valence-electron chi connectivity index (χ2n) is 3.80. The zero-order chi connectivity index (χ0) is 11.5. The van der Waals surface area contributed by atoms with Crippen LogP contribution in [0.4, 0.5) is 0 Å². The van der Waals surface area contributed by atoms with Crippen molar-refractivity contribution in [2.45, 2.75) is 19.4 Å². The second kappa shape index (κ2) is 4.75. The fraction of sp³-hybridized carbons (Fsp3) is 0.364. The van der Waals surface area contributed by atoms with Crippen LogP contribution in [0.5, 0.6) is 0 Å². The van der Waals surface area contributed by atoms with Crippen LogP contribution in [0, 0.1) is 0 Å². The van der Waals surface area contributed by atoms with Gasteiger partial charge in [-0.2, -0.15) is 0 Å². The monoisotopic (exact) mass is 227 g/mol. The van der Waals surface area contributed by atoms with Gasteiger partial charge < -0.3 is 5.11 Å². The molecule has 0 bridgehead atoms. The molecule has 0 radical (unpaired) electrons.